The minimum Gasteiger partial charge on any atom is -0.480 e. The SMILES string of the molecule is CCOC(=O)C1=C(CN2CCC(COCC(=O)O)C(F)C2)NC(c2nccs2)=NC1c1ccc(F)cc1Br.CCOC(=O)C1=C(CN2CCC(COCC(=O)O)C(F)C2)NC(c2nccs2)=NC1c1ccc(F)cc1Cl. The first kappa shape index (κ1) is 58.0. The Morgan fingerprint density at radius 1 is 0.724 bits per heavy atom. The van der Waals surface area contributed by atoms with Gasteiger partial charge in [-0.05, 0) is 69.6 Å². The van der Waals surface area contributed by atoms with E-state index in [9.17, 15) is 28.0 Å². The maximum atomic E-state index is 15.0. The van der Waals surface area contributed by atoms with Crippen LogP contribution in [0.15, 0.2) is 96.5 Å². The van der Waals surface area contributed by atoms with Crippen molar-refractivity contribution in [2.24, 2.45) is 21.8 Å². The molecule has 0 bridgehead atoms. The summed E-state index contributed by atoms with van der Waals surface area (Å²) >= 11 is 12.5. The summed E-state index contributed by atoms with van der Waals surface area (Å²) in [5.74, 6) is -4.36. The number of carbonyl (C=O) groups excluding carboxylic acids is 2. The fourth-order valence-electron chi connectivity index (χ4n) is 8.87. The normalized spacial score (nSPS) is 22.1. The van der Waals surface area contributed by atoms with Crippen molar-refractivity contribution in [3.63, 3.8) is 0 Å². The molecule has 0 radical (unpaired) electrons. The molecule has 4 aromatic rings. The summed E-state index contributed by atoms with van der Waals surface area (Å²) in [6.45, 7) is 4.28. The lowest BCUT2D eigenvalue weighted by molar-refractivity contribution is -0.144. The van der Waals surface area contributed by atoms with Gasteiger partial charge in [0.2, 0.25) is 0 Å². The molecule has 6 heterocycles. The van der Waals surface area contributed by atoms with Gasteiger partial charge in [-0.2, -0.15) is 0 Å². The van der Waals surface area contributed by atoms with Gasteiger partial charge in [-0.15, -0.1) is 22.7 Å². The standard InChI is InChI=1S/C25H27BrF2N4O5S.C25H27ClF2N4O5S/c2*1-2-37-25(35)21-19(11-32-7-5-14(18(28)10-32)12-36-13-20(33)34)30-23(24-29-6-8-38-24)31-22(21)16-4-3-15(27)9-17(16)26/h2*3-4,6,8-9,14,18,22H,2,5,7,10-13H2,1H3,(H,30,31)(H,33,34). The minimum absolute atomic E-state index is 0.0162. The van der Waals surface area contributed by atoms with E-state index in [0.29, 0.717) is 74.6 Å². The third-order valence-corrected chi connectivity index (χ3v) is 15.0. The van der Waals surface area contributed by atoms with Crippen molar-refractivity contribution in [1.29, 1.82) is 0 Å². The summed E-state index contributed by atoms with van der Waals surface area (Å²) in [7, 11) is 0. The van der Waals surface area contributed by atoms with Crippen molar-refractivity contribution in [2.45, 2.75) is 51.1 Å². The number of alkyl halides is 2. The van der Waals surface area contributed by atoms with E-state index >= 15 is 8.78 Å². The van der Waals surface area contributed by atoms with Crippen LogP contribution >= 0.6 is 50.2 Å². The second-order valence-corrected chi connectivity index (χ2v) is 20.7. The van der Waals surface area contributed by atoms with Crippen LogP contribution in [0.25, 0.3) is 0 Å². The van der Waals surface area contributed by atoms with Crippen molar-refractivity contribution < 1.29 is 65.9 Å². The molecule has 76 heavy (non-hydrogen) atoms. The van der Waals surface area contributed by atoms with E-state index in [-0.39, 0.29) is 68.8 Å². The van der Waals surface area contributed by atoms with Gasteiger partial charge in [-0.3, -0.25) is 19.8 Å². The van der Waals surface area contributed by atoms with E-state index in [2.05, 4.69) is 36.5 Å². The largest absolute Gasteiger partial charge is 0.480 e. The van der Waals surface area contributed by atoms with Crippen LogP contribution in [0.2, 0.25) is 5.02 Å². The molecular weight excluding hydrogens is 1130 g/mol. The minimum atomic E-state index is -1.25. The topological polar surface area (TPSA) is 227 Å². The van der Waals surface area contributed by atoms with Crippen LogP contribution in [-0.2, 0) is 38.1 Å². The zero-order valence-electron chi connectivity index (χ0n) is 41.1. The molecule has 2 aromatic carbocycles. The van der Waals surface area contributed by atoms with E-state index in [1.165, 1.54) is 46.9 Å². The second-order valence-electron chi connectivity index (χ2n) is 17.7. The Labute approximate surface area is 456 Å². The number of likely N-dealkylation sites (tertiary alicyclic amines) is 2. The Morgan fingerprint density at radius 2 is 1.17 bits per heavy atom. The molecular formula is C50H54BrClF4N8O10S2. The zero-order valence-corrected chi connectivity index (χ0v) is 45.0. The first-order chi connectivity index (χ1) is 36.5. The maximum Gasteiger partial charge on any atom is 0.338 e. The van der Waals surface area contributed by atoms with Crippen LogP contribution in [0.1, 0.15) is 59.9 Å². The van der Waals surface area contributed by atoms with Crippen molar-refractivity contribution in [1.82, 2.24) is 30.4 Å². The molecule has 6 unspecified atom stereocenters. The zero-order chi connectivity index (χ0) is 54.5. The van der Waals surface area contributed by atoms with Crippen LogP contribution < -0.4 is 10.6 Å². The number of hydrogen-bond donors (Lipinski definition) is 4. The molecule has 4 aliphatic rings. The number of carbonyl (C=O) groups is 4. The van der Waals surface area contributed by atoms with Crippen LogP contribution in [0, 0.1) is 23.5 Å². The molecule has 2 saturated heterocycles. The average molecular weight is 1180 g/mol. The number of nitrogens with zero attached hydrogens (tertiary/aromatic N) is 6. The van der Waals surface area contributed by atoms with Crippen LogP contribution in [0.4, 0.5) is 17.6 Å². The number of halogens is 6. The first-order valence-electron chi connectivity index (χ1n) is 24.0. The quantitative estimate of drug-likeness (QED) is 0.0502. The number of piperidine rings is 2. The molecule has 4 N–H and O–H groups in total. The van der Waals surface area contributed by atoms with Gasteiger partial charge in [0.25, 0.3) is 0 Å². The summed E-state index contributed by atoms with van der Waals surface area (Å²) in [4.78, 5) is 69.7. The molecule has 0 saturated carbocycles. The molecule has 0 aliphatic carbocycles. The Hall–Kier alpha value is -5.67. The van der Waals surface area contributed by atoms with Crippen molar-refractivity contribution in [3.8, 4) is 0 Å². The smallest absolute Gasteiger partial charge is 0.338 e. The molecule has 2 aromatic heterocycles. The summed E-state index contributed by atoms with van der Waals surface area (Å²) in [6, 6.07) is 6.34. The van der Waals surface area contributed by atoms with Gasteiger partial charge in [-0.25, -0.2) is 46.7 Å². The van der Waals surface area contributed by atoms with Crippen molar-refractivity contribution in [3.05, 3.63) is 124 Å². The van der Waals surface area contributed by atoms with Gasteiger partial charge < -0.3 is 39.8 Å². The molecule has 6 atom stereocenters. The highest BCUT2D eigenvalue weighted by Crippen LogP contribution is 2.39. The number of hydrogen-bond acceptors (Lipinski definition) is 18. The second kappa shape index (κ2) is 27.6. The monoisotopic (exact) mass is 1180 g/mol. The Bertz CT molecular complexity index is 2640. The number of ether oxygens (including phenoxy) is 4. The molecule has 18 nitrogen and oxygen atoms in total. The van der Waals surface area contributed by atoms with Crippen molar-refractivity contribution >= 4 is 85.8 Å². The Kier molecular flexibility index (Phi) is 21.1. The lowest BCUT2D eigenvalue weighted by atomic mass is 9.93. The summed E-state index contributed by atoms with van der Waals surface area (Å²) in [5.41, 5.74) is 2.39. The molecule has 4 aliphatic heterocycles. The number of aliphatic carboxylic acids is 2. The number of aromatic nitrogens is 2. The highest BCUT2D eigenvalue weighted by atomic mass is 79.9. The summed E-state index contributed by atoms with van der Waals surface area (Å²) < 4.78 is 79.1. The molecule has 408 valence electrons. The number of benzene rings is 2. The highest BCUT2D eigenvalue weighted by molar-refractivity contribution is 9.10. The van der Waals surface area contributed by atoms with Gasteiger partial charge in [0.15, 0.2) is 21.7 Å². The number of amidine groups is 2. The first-order valence-corrected chi connectivity index (χ1v) is 27.0. The molecule has 2 fully saturated rings. The van der Waals surface area contributed by atoms with E-state index in [4.69, 9.17) is 50.7 Å². The maximum absolute atomic E-state index is 15.0. The molecule has 0 spiro atoms. The van der Waals surface area contributed by atoms with E-state index in [1.54, 1.807) is 43.1 Å². The van der Waals surface area contributed by atoms with Gasteiger partial charge in [0, 0.05) is 87.6 Å². The van der Waals surface area contributed by atoms with E-state index in [0.717, 1.165) is 6.07 Å². The average Bonchev–Trinajstić information content (AvgIpc) is 4.14. The van der Waals surface area contributed by atoms with Crippen LogP contribution in [0.5, 0.6) is 0 Å². The molecule has 0 amide bonds. The third kappa shape index (κ3) is 15.3. The number of nitrogens with one attached hydrogen (secondary N) is 2. The molecule has 26 heteroatoms. The lowest BCUT2D eigenvalue weighted by Crippen LogP contribution is -2.47. The predicted octanol–water partition coefficient (Wildman–Crippen LogP) is 7.32. The Morgan fingerprint density at radius 3 is 1.57 bits per heavy atom. The summed E-state index contributed by atoms with van der Waals surface area (Å²) in [5, 5.41) is 28.8. The van der Waals surface area contributed by atoms with Crippen molar-refractivity contribution in [2.75, 3.05) is 78.9 Å². The van der Waals surface area contributed by atoms with E-state index < -0.39 is 85.0 Å². The lowest BCUT2D eigenvalue weighted by Gasteiger charge is -2.36. The van der Waals surface area contributed by atoms with E-state index in [1.807, 2.05) is 9.80 Å². The number of esters is 2. The van der Waals surface area contributed by atoms with Gasteiger partial charge in [0.05, 0.1) is 37.6 Å². The number of carboxylic acid groups (broad SMARTS) is 2. The summed E-state index contributed by atoms with van der Waals surface area (Å²) in [6.07, 6.45) is 1.69. The fraction of sp³-hybridized carbons (Fsp3) is 0.440. The number of thiazole rings is 2. The number of carboxylic acids is 2. The third-order valence-electron chi connectivity index (χ3n) is 12.4. The Balaban J connectivity index is 0.000000221. The number of aliphatic imine (C=N–C) groups is 2. The van der Waals surface area contributed by atoms with Gasteiger partial charge in [-0.1, -0.05) is 39.7 Å². The molecule has 8 rings (SSSR count). The predicted molar refractivity (Wildman–Crippen MR) is 278 cm³/mol. The van der Waals surface area contributed by atoms with Gasteiger partial charge >= 0.3 is 23.9 Å². The van der Waals surface area contributed by atoms with Crippen LogP contribution in [-0.4, -0.2) is 157 Å². The van der Waals surface area contributed by atoms with Crippen LogP contribution in [0.3, 0.4) is 0 Å². The fourth-order valence-corrected chi connectivity index (χ4v) is 10.9. The highest BCUT2D eigenvalue weighted by Gasteiger charge is 2.39. The van der Waals surface area contributed by atoms with Gasteiger partial charge in [0.1, 0.15) is 49.3 Å². The number of rotatable bonds is 20.